The molecule has 1 atom stereocenters. The molecule has 25 heavy (non-hydrogen) atoms. The Bertz CT molecular complexity index is 890. The van der Waals surface area contributed by atoms with Gasteiger partial charge in [0.25, 0.3) is 5.91 Å². The smallest absolute Gasteiger partial charge is 0.294 e. The number of hydrogen-bond acceptors (Lipinski definition) is 4. The van der Waals surface area contributed by atoms with Gasteiger partial charge in [0.05, 0.1) is 11.6 Å². The third-order valence-corrected chi connectivity index (χ3v) is 4.10. The van der Waals surface area contributed by atoms with Crippen molar-refractivity contribution < 1.29 is 24.2 Å². The Kier molecular flexibility index (Phi) is 4.27. The Hall–Kier alpha value is -3.15. The van der Waals surface area contributed by atoms with E-state index in [2.05, 4.69) is 0 Å². The summed E-state index contributed by atoms with van der Waals surface area (Å²) in [5, 5.41) is 20.0. The zero-order valence-electron chi connectivity index (χ0n) is 13.4. The number of phenols is 1. The van der Waals surface area contributed by atoms with E-state index in [1.54, 1.807) is 19.1 Å². The molecule has 0 saturated heterocycles. The molecule has 0 fully saturated rings. The van der Waals surface area contributed by atoms with Gasteiger partial charge in [-0.15, -0.1) is 0 Å². The molecule has 5 nitrogen and oxygen atoms in total. The lowest BCUT2D eigenvalue weighted by molar-refractivity contribution is -0.118. The van der Waals surface area contributed by atoms with E-state index < -0.39 is 29.3 Å². The van der Waals surface area contributed by atoms with Crippen LogP contribution in [0, 0.1) is 5.82 Å². The number of halogens is 1. The average molecular weight is 341 g/mol. The topological polar surface area (TPSA) is 77.8 Å². The van der Waals surface area contributed by atoms with Crippen molar-refractivity contribution in [2.45, 2.75) is 19.4 Å². The highest BCUT2D eigenvalue weighted by atomic mass is 19.1. The van der Waals surface area contributed by atoms with Gasteiger partial charge >= 0.3 is 0 Å². The predicted molar refractivity (Wildman–Crippen MR) is 89.7 cm³/mol. The maximum atomic E-state index is 13.6. The van der Waals surface area contributed by atoms with E-state index in [0.717, 1.165) is 11.0 Å². The first kappa shape index (κ1) is 16.7. The Morgan fingerprint density at radius 1 is 1.16 bits per heavy atom. The second kappa shape index (κ2) is 6.39. The van der Waals surface area contributed by atoms with E-state index in [1.165, 1.54) is 30.3 Å². The van der Waals surface area contributed by atoms with Crippen LogP contribution in [-0.2, 0) is 9.59 Å². The molecule has 1 aliphatic heterocycles. The van der Waals surface area contributed by atoms with Gasteiger partial charge in [-0.2, -0.15) is 0 Å². The number of nitrogens with zero attached hydrogens (tertiary/aromatic N) is 1. The van der Waals surface area contributed by atoms with Gasteiger partial charge in [0.1, 0.15) is 11.6 Å². The standard InChI is InChI=1S/C19H16FNO4/c1-2-15(23)16-17(11-5-3-8-14(22)9-11)21(19(25)18(16)24)13-7-4-6-12(20)10-13/h3-10,17,22,24H,2H2,1H3. The van der Waals surface area contributed by atoms with Crippen LogP contribution in [-0.4, -0.2) is 21.9 Å². The fraction of sp³-hybridized carbons (Fsp3) is 0.158. The number of aliphatic hydroxyl groups excluding tert-OH is 1. The van der Waals surface area contributed by atoms with Crippen LogP contribution in [0.1, 0.15) is 24.9 Å². The van der Waals surface area contributed by atoms with Crippen LogP contribution < -0.4 is 4.90 Å². The van der Waals surface area contributed by atoms with Crippen LogP contribution in [0.2, 0.25) is 0 Å². The molecule has 0 bridgehead atoms. The summed E-state index contributed by atoms with van der Waals surface area (Å²) in [6.07, 6.45) is 0.0962. The van der Waals surface area contributed by atoms with E-state index in [1.807, 2.05) is 0 Å². The van der Waals surface area contributed by atoms with Gasteiger partial charge in [-0.3, -0.25) is 14.5 Å². The molecule has 0 aromatic heterocycles. The van der Waals surface area contributed by atoms with Gasteiger partial charge < -0.3 is 10.2 Å². The van der Waals surface area contributed by atoms with E-state index in [4.69, 9.17) is 0 Å². The van der Waals surface area contributed by atoms with Crippen LogP contribution in [0.5, 0.6) is 5.75 Å². The Labute approximate surface area is 143 Å². The number of rotatable bonds is 4. The Morgan fingerprint density at radius 2 is 1.88 bits per heavy atom. The quantitative estimate of drug-likeness (QED) is 0.893. The van der Waals surface area contributed by atoms with Gasteiger partial charge in [-0.05, 0) is 35.9 Å². The van der Waals surface area contributed by atoms with Gasteiger partial charge in [-0.25, -0.2) is 4.39 Å². The van der Waals surface area contributed by atoms with E-state index in [-0.39, 0.29) is 23.4 Å². The highest BCUT2D eigenvalue weighted by molar-refractivity contribution is 6.16. The maximum Gasteiger partial charge on any atom is 0.294 e. The number of hydrogen-bond donors (Lipinski definition) is 2. The summed E-state index contributed by atoms with van der Waals surface area (Å²) in [5.41, 5.74) is 0.601. The van der Waals surface area contributed by atoms with E-state index in [9.17, 15) is 24.2 Å². The molecule has 1 unspecified atom stereocenters. The largest absolute Gasteiger partial charge is 0.508 e. The molecule has 0 radical (unpaired) electrons. The lowest BCUT2D eigenvalue weighted by atomic mass is 9.94. The second-order valence-electron chi connectivity index (χ2n) is 5.69. The number of carbonyl (C=O) groups excluding carboxylic acids is 2. The molecule has 0 aliphatic carbocycles. The minimum Gasteiger partial charge on any atom is -0.508 e. The molecule has 0 spiro atoms. The van der Waals surface area contributed by atoms with Gasteiger partial charge in [0, 0.05) is 12.1 Å². The SMILES string of the molecule is CCC(=O)C1=C(O)C(=O)N(c2cccc(F)c2)C1c1cccc(O)c1. The van der Waals surface area contributed by atoms with Crippen molar-refractivity contribution in [3.05, 3.63) is 71.2 Å². The maximum absolute atomic E-state index is 13.6. The minimum atomic E-state index is -0.936. The first-order valence-corrected chi connectivity index (χ1v) is 7.78. The zero-order chi connectivity index (χ0) is 18.1. The molecule has 6 heteroatoms. The molecule has 1 amide bonds. The normalized spacial score (nSPS) is 17.3. The predicted octanol–water partition coefficient (Wildman–Crippen LogP) is 3.41. The third-order valence-electron chi connectivity index (χ3n) is 4.10. The molecule has 2 aromatic rings. The van der Waals surface area contributed by atoms with E-state index >= 15 is 0 Å². The summed E-state index contributed by atoms with van der Waals surface area (Å²) in [7, 11) is 0. The number of anilines is 1. The number of Topliss-reactive ketones (excluding diaryl/α,β-unsaturated/α-hetero) is 1. The molecular weight excluding hydrogens is 325 g/mol. The molecule has 3 rings (SSSR count). The Morgan fingerprint density at radius 3 is 2.52 bits per heavy atom. The minimum absolute atomic E-state index is 0.0428. The van der Waals surface area contributed by atoms with Crippen LogP contribution in [0.4, 0.5) is 10.1 Å². The summed E-state index contributed by atoms with van der Waals surface area (Å²) in [6.45, 7) is 1.62. The molecule has 128 valence electrons. The number of carbonyl (C=O) groups is 2. The molecule has 1 heterocycles. The zero-order valence-corrected chi connectivity index (χ0v) is 13.4. The molecule has 0 saturated carbocycles. The molecule has 2 N–H and O–H groups in total. The number of aromatic hydroxyl groups is 1. The Balaban J connectivity index is 2.20. The highest BCUT2D eigenvalue weighted by Crippen LogP contribution is 2.41. The lowest BCUT2D eigenvalue weighted by Crippen LogP contribution is -2.31. The number of amides is 1. The van der Waals surface area contributed by atoms with Crippen molar-refractivity contribution in [1.29, 1.82) is 0 Å². The van der Waals surface area contributed by atoms with Gasteiger partial charge in [-0.1, -0.05) is 25.1 Å². The number of ketones is 1. The van der Waals surface area contributed by atoms with Crippen LogP contribution >= 0.6 is 0 Å². The number of phenolic OH excluding ortho intramolecular Hbond substituents is 1. The number of benzene rings is 2. The van der Waals surface area contributed by atoms with Crippen molar-refractivity contribution in [3.8, 4) is 5.75 Å². The summed E-state index contributed by atoms with van der Waals surface area (Å²) in [5.74, 6) is -2.41. The van der Waals surface area contributed by atoms with Crippen LogP contribution in [0.25, 0.3) is 0 Å². The van der Waals surface area contributed by atoms with Crippen molar-refractivity contribution in [2.24, 2.45) is 0 Å². The van der Waals surface area contributed by atoms with Gasteiger partial charge in [0.15, 0.2) is 11.5 Å². The van der Waals surface area contributed by atoms with E-state index in [0.29, 0.717) is 5.56 Å². The molecule has 2 aromatic carbocycles. The first-order chi connectivity index (χ1) is 11.9. The van der Waals surface area contributed by atoms with Crippen LogP contribution in [0.15, 0.2) is 59.9 Å². The third kappa shape index (κ3) is 2.87. The monoisotopic (exact) mass is 341 g/mol. The summed E-state index contributed by atoms with van der Waals surface area (Å²) in [6, 6.07) is 10.5. The first-order valence-electron chi connectivity index (χ1n) is 7.78. The van der Waals surface area contributed by atoms with Crippen LogP contribution in [0.3, 0.4) is 0 Å². The number of aliphatic hydroxyl groups is 1. The van der Waals surface area contributed by atoms with Crippen molar-refractivity contribution in [2.75, 3.05) is 4.90 Å². The fourth-order valence-electron chi connectivity index (χ4n) is 2.98. The summed E-state index contributed by atoms with van der Waals surface area (Å²) in [4.78, 5) is 26.1. The highest BCUT2D eigenvalue weighted by Gasteiger charge is 2.43. The van der Waals surface area contributed by atoms with Crippen molar-refractivity contribution in [3.63, 3.8) is 0 Å². The molecular formula is C19H16FNO4. The average Bonchev–Trinajstić information content (AvgIpc) is 2.86. The van der Waals surface area contributed by atoms with Crippen molar-refractivity contribution >= 4 is 17.4 Å². The van der Waals surface area contributed by atoms with Crippen molar-refractivity contribution in [1.82, 2.24) is 0 Å². The lowest BCUT2D eigenvalue weighted by Gasteiger charge is -2.27. The molecule has 1 aliphatic rings. The summed E-state index contributed by atoms with van der Waals surface area (Å²) < 4.78 is 13.6. The fourth-order valence-corrected chi connectivity index (χ4v) is 2.98. The summed E-state index contributed by atoms with van der Waals surface area (Å²) >= 11 is 0. The van der Waals surface area contributed by atoms with Gasteiger partial charge in [0.2, 0.25) is 0 Å². The second-order valence-corrected chi connectivity index (χ2v) is 5.69.